The lowest BCUT2D eigenvalue weighted by Crippen LogP contribution is -2.01. The van der Waals surface area contributed by atoms with Crippen LogP contribution in [-0.2, 0) is 6.54 Å². The van der Waals surface area contributed by atoms with E-state index in [0.29, 0.717) is 29.1 Å². The summed E-state index contributed by atoms with van der Waals surface area (Å²) < 4.78 is 33.2. The predicted octanol–water partition coefficient (Wildman–Crippen LogP) is 4.99. The van der Waals surface area contributed by atoms with E-state index in [1.54, 1.807) is 6.07 Å². The van der Waals surface area contributed by atoms with Crippen LogP contribution in [0.3, 0.4) is 0 Å². The summed E-state index contributed by atoms with van der Waals surface area (Å²) in [6.07, 6.45) is 0. The second kappa shape index (κ2) is 6.13. The molecule has 0 atom stereocenters. The number of benzene rings is 3. The SMILES string of the molecule is COc1cc(F)cc2c1-c1ccc(F)cc1/C2=N/Cc1ccccc1. The van der Waals surface area contributed by atoms with Gasteiger partial charge in [-0.3, -0.25) is 4.99 Å². The highest BCUT2D eigenvalue weighted by Gasteiger charge is 2.29. The van der Waals surface area contributed by atoms with Crippen LogP contribution in [0, 0.1) is 11.6 Å². The van der Waals surface area contributed by atoms with Gasteiger partial charge in [-0.1, -0.05) is 36.4 Å². The Morgan fingerprint density at radius 3 is 2.36 bits per heavy atom. The van der Waals surface area contributed by atoms with Crippen LogP contribution in [0.15, 0.2) is 65.7 Å². The van der Waals surface area contributed by atoms with Crippen LogP contribution in [0.1, 0.15) is 16.7 Å². The van der Waals surface area contributed by atoms with Gasteiger partial charge in [-0.05, 0) is 29.3 Å². The standard InChI is InChI=1S/C21H15F2NO/c1-25-19-11-15(23)10-18-20(19)16-8-7-14(22)9-17(16)21(18)24-12-13-5-3-2-4-6-13/h2-11H,12H2,1H3/b24-21-. The molecule has 3 aromatic carbocycles. The number of nitrogens with zero attached hydrogens (tertiary/aromatic N) is 1. The molecule has 0 aliphatic heterocycles. The second-order valence-corrected chi connectivity index (χ2v) is 5.87. The van der Waals surface area contributed by atoms with E-state index in [-0.39, 0.29) is 5.82 Å². The second-order valence-electron chi connectivity index (χ2n) is 5.87. The molecule has 0 saturated carbocycles. The molecule has 0 N–H and O–H groups in total. The monoisotopic (exact) mass is 335 g/mol. The van der Waals surface area contributed by atoms with Crippen LogP contribution >= 0.6 is 0 Å². The number of methoxy groups -OCH3 is 1. The molecule has 25 heavy (non-hydrogen) atoms. The number of hydrogen-bond acceptors (Lipinski definition) is 2. The van der Waals surface area contributed by atoms with Crippen LogP contribution < -0.4 is 4.74 Å². The van der Waals surface area contributed by atoms with Gasteiger partial charge in [0.1, 0.15) is 17.4 Å². The quantitative estimate of drug-likeness (QED) is 0.517. The first-order valence-corrected chi connectivity index (χ1v) is 7.94. The fraction of sp³-hybridized carbons (Fsp3) is 0.0952. The van der Waals surface area contributed by atoms with Gasteiger partial charge in [0, 0.05) is 22.8 Å². The molecule has 0 fully saturated rings. The van der Waals surface area contributed by atoms with Crippen LogP contribution in [0.2, 0.25) is 0 Å². The Balaban J connectivity index is 1.91. The Morgan fingerprint density at radius 2 is 1.60 bits per heavy atom. The van der Waals surface area contributed by atoms with Gasteiger partial charge in [0.25, 0.3) is 0 Å². The third kappa shape index (κ3) is 2.70. The maximum Gasteiger partial charge on any atom is 0.130 e. The molecule has 1 aliphatic carbocycles. The van der Waals surface area contributed by atoms with Crippen LogP contribution in [0.25, 0.3) is 11.1 Å². The summed E-state index contributed by atoms with van der Waals surface area (Å²) in [6, 6.07) is 17.1. The van der Waals surface area contributed by atoms with Crippen molar-refractivity contribution in [2.24, 2.45) is 4.99 Å². The molecule has 0 radical (unpaired) electrons. The molecular weight excluding hydrogens is 320 g/mol. The normalized spacial score (nSPS) is 13.6. The van der Waals surface area contributed by atoms with Gasteiger partial charge in [-0.2, -0.15) is 0 Å². The maximum absolute atomic E-state index is 14.0. The van der Waals surface area contributed by atoms with Crippen LogP contribution in [-0.4, -0.2) is 12.8 Å². The third-order valence-corrected chi connectivity index (χ3v) is 4.31. The maximum atomic E-state index is 14.0. The minimum Gasteiger partial charge on any atom is -0.496 e. The van der Waals surface area contributed by atoms with Crippen molar-refractivity contribution in [3.8, 4) is 16.9 Å². The van der Waals surface area contributed by atoms with E-state index in [4.69, 9.17) is 4.74 Å². The molecule has 0 saturated heterocycles. The zero-order chi connectivity index (χ0) is 17.4. The van der Waals surface area contributed by atoms with Crippen molar-refractivity contribution in [2.45, 2.75) is 6.54 Å². The zero-order valence-corrected chi connectivity index (χ0v) is 13.6. The van der Waals surface area contributed by atoms with Gasteiger partial charge >= 0.3 is 0 Å². The number of hydrogen-bond donors (Lipinski definition) is 0. The van der Waals surface area contributed by atoms with Gasteiger partial charge in [0.2, 0.25) is 0 Å². The molecule has 0 unspecified atom stereocenters. The van der Waals surface area contributed by atoms with Gasteiger partial charge in [0.15, 0.2) is 0 Å². The molecule has 4 rings (SSSR count). The lowest BCUT2D eigenvalue weighted by atomic mass is 10.0. The molecule has 2 nitrogen and oxygen atoms in total. The summed E-state index contributed by atoms with van der Waals surface area (Å²) in [7, 11) is 1.50. The third-order valence-electron chi connectivity index (χ3n) is 4.31. The van der Waals surface area contributed by atoms with Crippen molar-refractivity contribution in [2.75, 3.05) is 7.11 Å². The van der Waals surface area contributed by atoms with Crippen LogP contribution in [0.4, 0.5) is 8.78 Å². The Bertz CT molecular complexity index is 981. The molecule has 0 spiro atoms. The van der Waals surface area contributed by atoms with Crippen molar-refractivity contribution in [3.05, 3.63) is 89.0 Å². The van der Waals surface area contributed by atoms with E-state index in [9.17, 15) is 8.78 Å². The molecule has 0 aromatic heterocycles. The van der Waals surface area contributed by atoms with E-state index in [2.05, 4.69) is 4.99 Å². The van der Waals surface area contributed by atoms with Crippen molar-refractivity contribution in [3.63, 3.8) is 0 Å². The first-order chi connectivity index (χ1) is 12.2. The number of fused-ring (bicyclic) bond motifs is 3. The first kappa shape index (κ1) is 15.5. The van der Waals surface area contributed by atoms with Crippen molar-refractivity contribution in [1.82, 2.24) is 0 Å². The van der Waals surface area contributed by atoms with E-state index in [1.807, 2.05) is 30.3 Å². The van der Waals surface area contributed by atoms with Gasteiger partial charge in [-0.15, -0.1) is 0 Å². The summed E-state index contributed by atoms with van der Waals surface area (Å²) >= 11 is 0. The molecule has 3 aromatic rings. The van der Waals surface area contributed by atoms with Gasteiger partial charge in [0.05, 0.1) is 19.4 Å². The average Bonchev–Trinajstić information content (AvgIpc) is 2.92. The summed E-state index contributed by atoms with van der Waals surface area (Å²) in [5.74, 6) is -0.331. The van der Waals surface area contributed by atoms with Crippen molar-refractivity contribution >= 4 is 5.71 Å². The Labute approximate surface area is 144 Å². The average molecular weight is 335 g/mol. The highest BCUT2D eigenvalue weighted by atomic mass is 19.1. The van der Waals surface area contributed by atoms with Crippen LogP contribution in [0.5, 0.6) is 5.75 Å². The topological polar surface area (TPSA) is 21.6 Å². The van der Waals surface area contributed by atoms with E-state index in [1.165, 1.54) is 31.4 Å². The molecule has 4 heteroatoms. The van der Waals surface area contributed by atoms with E-state index >= 15 is 0 Å². The Hall–Kier alpha value is -3.01. The summed E-state index contributed by atoms with van der Waals surface area (Å²) in [5.41, 5.74) is 4.48. The molecule has 0 amide bonds. The largest absolute Gasteiger partial charge is 0.496 e. The first-order valence-electron chi connectivity index (χ1n) is 7.94. The summed E-state index contributed by atoms with van der Waals surface area (Å²) in [4.78, 5) is 4.66. The molecule has 0 bridgehead atoms. The van der Waals surface area contributed by atoms with Gasteiger partial charge in [-0.25, -0.2) is 8.78 Å². The smallest absolute Gasteiger partial charge is 0.130 e. The summed E-state index contributed by atoms with van der Waals surface area (Å²) in [6.45, 7) is 0.435. The number of rotatable bonds is 3. The number of ether oxygens (including phenoxy) is 1. The zero-order valence-electron chi connectivity index (χ0n) is 13.6. The fourth-order valence-electron chi connectivity index (χ4n) is 3.21. The molecule has 1 aliphatic rings. The highest BCUT2D eigenvalue weighted by Crippen LogP contribution is 2.43. The number of aliphatic imine (C=N–C) groups is 1. The van der Waals surface area contributed by atoms with Gasteiger partial charge < -0.3 is 4.74 Å². The summed E-state index contributed by atoms with van der Waals surface area (Å²) in [5, 5.41) is 0. The molecular formula is C21H15F2NO. The van der Waals surface area contributed by atoms with E-state index in [0.717, 1.165) is 16.7 Å². The molecule has 124 valence electrons. The lowest BCUT2D eigenvalue weighted by molar-refractivity contribution is 0.413. The minimum absolute atomic E-state index is 0.349. The molecule has 0 heterocycles. The van der Waals surface area contributed by atoms with E-state index < -0.39 is 5.82 Å². The Kier molecular flexibility index (Phi) is 3.80. The lowest BCUT2D eigenvalue weighted by Gasteiger charge is -2.08. The van der Waals surface area contributed by atoms with Crippen molar-refractivity contribution in [1.29, 1.82) is 0 Å². The van der Waals surface area contributed by atoms with Crippen molar-refractivity contribution < 1.29 is 13.5 Å². The Morgan fingerprint density at radius 1 is 0.840 bits per heavy atom. The fourth-order valence-corrected chi connectivity index (χ4v) is 3.21. The number of halogens is 2. The minimum atomic E-state index is -0.406. The predicted molar refractivity (Wildman–Crippen MR) is 94.1 cm³/mol. The highest BCUT2D eigenvalue weighted by molar-refractivity contribution is 6.25.